The van der Waals surface area contributed by atoms with Crippen molar-refractivity contribution in [3.63, 3.8) is 0 Å². The summed E-state index contributed by atoms with van der Waals surface area (Å²) in [6.45, 7) is 7.94. The van der Waals surface area contributed by atoms with Crippen LogP contribution in [0.5, 0.6) is 0 Å². The summed E-state index contributed by atoms with van der Waals surface area (Å²) in [5, 5.41) is 5.76. The molecule has 3 rings (SSSR count). The molecule has 0 saturated carbocycles. The summed E-state index contributed by atoms with van der Waals surface area (Å²) < 4.78 is 0. The van der Waals surface area contributed by atoms with Crippen molar-refractivity contribution in [1.82, 2.24) is 4.90 Å². The third kappa shape index (κ3) is 3.66. The highest BCUT2D eigenvalue weighted by Gasteiger charge is 2.22. The molecule has 2 heterocycles. The zero-order valence-corrected chi connectivity index (χ0v) is 13.7. The first-order valence-corrected chi connectivity index (χ1v) is 8.68. The van der Waals surface area contributed by atoms with Gasteiger partial charge in [-0.25, -0.2) is 0 Å². The average molecular weight is 300 g/mol. The van der Waals surface area contributed by atoms with Crippen molar-refractivity contribution in [2.45, 2.75) is 32.9 Å². The summed E-state index contributed by atoms with van der Waals surface area (Å²) in [5.41, 5.74) is 2.79. The van der Waals surface area contributed by atoms with Crippen LogP contribution in [0.15, 0.2) is 41.8 Å². The minimum Gasteiger partial charge on any atom is -0.384 e. The van der Waals surface area contributed by atoms with Gasteiger partial charge in [-0.15, -0.1) is 11.3 Å². The van der Waals surface area contributed by atoms with Crippen LogP contribution in [0.4, 0.5) is 5.69 Å². The van der Waals surface area contributed by atoms with Crippen LogP contribution >= 0.6 is 11.3 Å². The minimum atomic E-state index is 0.587. The monoisotopic (exact) mass is 300 g/mol. The number of rotatable bonds is 5. The van der Waals surface area contributed by atoms with E-state index in [9.17, 15) is 0 Å². The van der Waals surface area contributed by atoms with E-state index >= 15 is 0 Å². The van der Waals surface area contributed by atoms with Crippen molar-refractivity contribution in [3.8, 4) is 0 Å². The number of anilines is 1. The zero-order valence-electron chi connectivity index (χ0n) is 12.9. The van der Waals surface area contributed by atoms with Crippen LogP contribution in [0.3, 0.4) is 0 Å². The van der Waals surface area contributed by atoms with E-state index < -0.39 is 0 Å². The second-order valence-electron chi connectivity index (χ2n) is 6.21. The molecule has 1 aliphatic heterocycles. The molecule has 2 nitrogen and oxygen atoms in total. The Bertz CT molecular complexity index is 562. The third-order valence-electron chi connectivity index (χ3n) is 4.27. The van der Waals surface area contributed by atoms with Gasteiger partial charge in [0.2, 0.25) is 0 Å². The Morgan fingerprint density at radius 2 is 2.10 bits per heavy atom. The molecule has 1 aromatic heterocycles. The molecule has 0 fully saturated rings. The van der Waals surface area contributed by atoms with Crippen molar-refractivity contribution in [2.24, 2.45) is 5.92 Å². The smallest absolute Gasteiger partial charge is 0.0372 e. The number of benzene rings is 1. The van der Waals surface area contributed by atoms with Crippen molar-refractivity contribution in [3.05, 3.63) is 52.2 Å². The number of hydrogen-bond donors (Lipinski definition) is 1. The molecule has 1 atom stereocenters. The van der Waals surface area contributed by atoms with Crippen LogP contribution in [0, 0.1) is 5.92 Å². The summed E-state index contributed by atoms with van der Waals surface area (Å²) in [5.74, 6) is 0.697. The van der Waals surface area contributed by atoms with Gasteiger partial charge in [0.05, 0.1) is 0 Å². The van der Waals surface area contributed by atoms with E-state index in [4.69, 9.17) is 0 Å². The van der Waals surface area contributed by atoms with Gasteiger partial charge in [0, 0.05) is 36.2 Å². The Morgan fingerprint density at radius 3 is 2.86 bits per heavy atom. The summed E-state index contributed by atoms with van der Waals surface area (Å²) in [6, 6.07) is 13.7. The van der Waals surface area contributed by atoms with Gasteiger partial charge < -0.3 is 5.32 Å². The molecule has 1 unspecified atom stereocenters. The summed E-state index contributed by atoms with van der Waals surface area (Å²) in [7, 11) is 0. The van der Waals surface area contributed by atoms with E-state index in [0.29, 0.717) is 12.0 Å². The van der Waals surface area contributed by atoms with Crippen LogP contribution in [0.2, 0.25) is 0 Å². The highest BCUT2D eigenvalue weighted by molar-refractivity contribution is 7.09. The predicted molar refractivity (Wildman–Crippen MR) is 92.0 cm³/mol. The number of nitrogens with one attached hydrogen (secondary N) is 1. The summed E-state index contributed by atoms with van der Waals surface area (Å²) in [4.78, 5) is 4.07. The fourth-order valence-corrected chi connectivity index (χ4v) is 3.76. The molecule has 2 aromatic rings. The van der Waals surface area contributed by atoms with Gasteiger partial charge in [-0.1, -0.05) is 24.3 Å². The molecule has 1 aliphatic rings. The van der Waals surface area contributed by atoms with Crippen molar-refractivity contribution >= 4 is 17.0 Å². The zero-order chi connectivity index (χ0) is 14.7. The lowest BCUT2D eigenvalue weighted by Gasteiger charge is -2.33. The molecule has 3 heteroatoms. The van der Waals surface area contributed by atoms with Crippen LogP contribution in [0.25, 0.3) is 0 Å². The molecule has 0 radical (unpaired) electrons. The highest BCUT2D eigenvalue weighted by Crippen LogP contribution is 2.25. The number of thiophene rings is 1. The van der Waals surface area contributed by atoms with Crippen LogP contribution in [-0.2, 0) is 13.0 Å². The maximum absolute atomic E-state index is 3.59. The Balaban J connectivity index is 1.64. The molecule has 21 heavy (non-hydrogen) atoms. The average Bonchev–Trinajstić information content (AvgIpc) is 2.99. The van der Waals surface area contributed by atoms with Crippen LogP contribution in [0.1, 0.15) is 24.3 Å². The standard InChI is InChI=1S/C18H24N2S/c1-14(2)20(13-17-7-5-9-21-17)12-15-10-16-6-3-4-8-18(16)19-11-15/h3-9,14-15,19H,10-13H2,1-2H3. The van der Waals surface area contributed by atoms with Gasteiger partial charge >= 0.3 is 0 Å². The molecule has 0 amide bonds. The molecule has 0 saturated heterocycles. The lowest BCUT2D eigenvalue weighted by molar-refractivity contribution is 0.181. The van der Waals surface area contributed by atoms with E-state index in [1.54, 1.807) is 0 Å². The van der Waals surface area contributed by atoms with Gasteiger partial charge in [-0.2, -0.15) is 0 Å². The maximum Gasteiger partial charge on any atom is 0.0372 e. The first-order valence-electron chi connectivity index (χ1n) is 7.80. The predicted octanol–water partition coefficient (Wildman–Crippen LogP) is 4.24. The fraction of sp³-hybridized carbons (Fsp3) is 0.444. The summed E-state index contributed by atoms with van der Waals surface area (Å²) >= 11 is 1.86. The molecular weight excluding hydrogens is 276 g/mol. The fourth-order valence-electron chi connectivity index (χ4n) is 3.03. The quantitative estimate of drug-likeness (QED) is 0.888. The van der Waals surface area contributed by atoms with E-state index in [1.165, 1.54) is 22.5 Å². The lowest BCUT2D eigenvalue weighted by atomic mass is 9.93. The SMILES string of the molecule is CC(C)N(Cc1cccs1)CC1CNc2ccccc2C1. The molecule has 112 valence electrons. The van der Waals surface area contributed by atoms with E-state index in [2.05, 4.69) is 65.8 Å². The van der Waals surface area contributed by atoms with Gasteiger partial charge in [0.25, 0.3) is 0 Å². The topological polar surface area (TPSA) is 15.3 Å². The van der Waals surface area contributed by atoms with Crippen molar-refractivity contribution in [2.75, 3.05) is 18.4 Å². The van der Waals surface area contributed by atoms with Gasteiger partial charge in [0.15, 0.2) is 0 Å². The Labute approximate surface area is 131 Å². The number of hydrogen-bond acceptors (Lipinski definition) is 3. The Morgan fingerprint density at radius 1 is 1.24 bits per heavy atom. The third-order valence-corrected chi connectivity index (χ3v) is 5.13. The molecule has 0 spiro atoms. The Hall–Kier alpha value is -1.32. The van der Waals surface area contributed by atoms with Crippen molar-refractivity contribution in [1.29, 1.82) is 0 Å². The Kier molecular flexibility index (Phi) is 4.61. The summed E-state index contributed by atoms with van der Waals surface area (Å²) in [6.07, 6.45) is 1.19. The number of nitrogens with zero attached hydrogens (tertiary/aromatic N) is 1. The second kappa shape index (κ2) is 6.63. The van der Waals surface area contributed by atoms with Gasteiger partial charge in [0.1, 0.15) is 0 Å². The van der Waals surface area contributed by atoms with Crippen LogP contribution in [-0.4, -0.2) is 24.0 Å². The molecule has 1 aromatic carbocycles. The maximum atomic E-state index is 3.59. The largest absolute Gasteiger partial charge is 0.384 e. The molecule has 0 bridgehead atoms. The normalized spacial score (nSPS) is 17.8. The number of para-hydroxylation sites is 1. The lowest BCUT2D eigenvalue weighted by Crippen LogP contribution is -2.39. The first kappa shape index (κ1) is 14.6. The van der Waals surface area contributed by atoms with E-state index in [0.717, 1.165) is 19.6 Å². The van der Waals surface area contributed by atoms with E-state index in [-0.39, 0.29) is 0 Å². The highest BCUT2D eigenvalue weighted by atomic mass is 32.1. The minimum absolute atomic E-state index is 0.587. The molecule has 0 aliphatic carbocycles. The van der Waals surface area contributed by atoms with Crippen molar-refractivity contribution < 1.29 is 0 Å². The first-order chi connectivity index (χ1) is 10.2. The second-order valence-corrected chi connectivity index (χ2v) is 7.24. The van der Waals surface area contributed by atoms with Gasteiger partial charge in [-0.05, 0) is 49.3 Å². The van der Waals surface area contributed by atoms with E-state index in [1.807, 2.05) is 11.3 Å². The van der Waals surface area contributed by atoms with Gasteiger partial charge in [-0.3, -0.25) is 4.90 Å². The van der Waals surface area contributed by atoms with Crippen LogP contribution < -0.4 is 5.32 Å². The number of fused-ring (bicyclic) bond motifs is 1. The molecule has 1 N–H and O–H groups in total. The molecular formula is C18H24N2S.